The number of rotatable bonds is 7. The topological polar surface area (TPSA) is 84.5 Å². The predicted molar refractivity (Wildman–Crippen MR) is 89.1 cm³/mol. The monoisotopic (exact) mass is 338 g/mol. The zero-order valence-corrected chi connectivity index (χ0v) is 14.3. The number of imide groups is 1. The number of esters is 1. The minimum Gasteiger partial charge on any atom is -0.455 e. The largest absolute Gasteiger partial charge is 0.455 e. The van der Waals surface area contributed by atoms with E-state index in [0.29, 0.717) is 0 Å². The Morgan fingerprint density at radius 3 is 2.43 bits per heavy atom. The van der Waals surface area contributed by atoms with E-state index in [4.69, 9.17) is 4.74 Å². The van der Waals surface area contributed by atoms with Gasteiger partial charge in [-0.2, -0.15) is 0 Å². The van der Waals surface area contributed by atoms with Crippen LogP contribution >= 0.6 is 11.8 Å². The smallest absolute Gasteiger partial charge is 0.321 e. The van der Waals surface area contributed by atoms with Gasteiger partial charge in [0.2, 0.25) is 0 Å². The van der Waals surface area contributed by atoms with Gasteiger partial charge in [0.05, 0.1) is 0 Å². The second-order valence-electron chi connectivity index (χ2n) is 5.01. The van der Waals surface area contributed by atoms with Crippen molar-refractivity contribution in [2.24, 2.45) is 0 Å². The predicted octanol–water partition coefficient (Wildman–Crippen LogP) is 2.33. The van der Waals surface area contributed by atoms with Gasteiger partial charge in [-0.1, -0.05) is 25.1 Å². The first-order chi connectivity index (χ1) is 10.9. The Hall–Kier alpha value is -2.02. The number of benzene rings is 1. The molecule has 7 heteroatoms. The highest BCUT2D eigenvalue weighted by molar-refractivity contribution is 8.00. The lowest BCUT2D eigenvalue weighted by Gasteiger charge is -2.13. The fourth-order valence-electron chi connectivity index (χ4n) is 1.53. The van der Waals surface area contributed by atoms with Crippen LogP contribution in [0.15, 0.2) is 35.2 Å². The van der Waals surface area contributed by atoms with E-state index in [2.05, 4.69) is 10.6 Å². The first-order valence-electron chi connectivity index (χ1n) is 7.41. The number of amides is 3. The lowest BCUT2D eigenvalue weighted by Crippen LogP contribution is -2.44. The van der Waals surface area contributed by atoms with Gasteiger partial charge in [-0.3, -0.25) is 14.9 Å². The zero-order chi connectivity index (χ0) is 17.2. The molecule has 0 bridgehead atoms. The molecule has 0 saturated heterocycles. The Morgan fingerprint density at radius 2 is 1.83 bits per heavy atom. The van der Waals surface area contributed by atoms with Crippen LogP contribution in [0.3, 0.4) is 0 Å². The number of thioether (sulfide) groups is 1. The third kappa shape index (κ3) is 7.69. The molecule has 0 spiro atoms. The number of nitrogens with one attached hydrogen (secondary N) is 2. The molecule has 2 atom stereocenters. The lowest BCUT2D eigenvalue weighted by atomic mass is 10.3. The average Bonchev–Trinajstić information content (AvgIpc) is 2.53. The van der Waals surface area contributed by atoms with Crippen molar-refractivity contribution in [1.29, 1.82) is 0 Å². The number of ether oxygens (including phenoxy) is 1. The maximum absolute atomic E-state index is 11.8. The summed E-state index contributed by atoms with van der Waals surface area (Å²) in [5.41, 5.74) is 0. The molecule has 23 heavy (non-hydrogen) atoms. The second kappa shape index (κ2) is 9.89. The summed E-state index contributed by atoms with van der Waals surface area (Å²) in [5.74, 6) is -1.16. The average molecular weight is 338 g/mol. The molecule has 0 aliphatic carbocycles. The molecule has 126 valence electrons. The van der Waals surface area contributed by atoms with Crippen LogP contribution in [-0.4, -0.2) is 35.8 Å². The highest BCUT2D eigenvalue weighted by Crippen LogP contribution is 2.23. The Labute approximate surface area is 140 Å². The fraction of sp³-hybridized carbons (Fsp3) is 0.438. The summed E-state index contributed by atoms with van der Waals surface area (Å²) in [6.07, 6.45) is 0.755. The molecule has 0 aliphatic heterocycles. The van der Waals surface area contributed by atoms with Crippen LogP contribution in [0.4, 0.5) is 4.79 Å². The van der Waals surface area contributed by atoms with Crippen LogP contribution in [0.2, 0.25) is 0 Å². The maximum Gasteiger partial charge on any atom is 0.321 e. The molecule has 1 aromatic rings. The molecule has 3 amide bonds. The summed E-state index contributed by atoms with van der Waals surface area (Å²) in [7, 11) is 0. The summed E-state index contributed by atoms with van der Waals surface area (Å²) in [4.78, 5) is 35.8. The molecular formula is C16H22N2O4S. The third-order valence-electron chi connectivity index (χ3n) is 2.98. The van der Waals surface area contributed by atoms with E-state index in [1.165, 1.54) is 11.8 Å². The summed E-state index contributed by atoms with van der Waals surface area (Å²) < 4.78 is 4.92. The van der Waals surface area contributed by atoms with Crippen LogP contribution in [0.25, 0.3) is 0 Å². The van der Waals surface area contributed by atoms with Crippen molar-refractivity contribution in [3.05, 3.63) is 30.3 Å². The van der Waals surface area contributed by atoms with E-state index in [1.54, 1.807) is 6.92 Å². The van der Waals surface area contributed by atoms with Crippen LogP contribution in [0.5, 0.6) is 0 Å². The standard InChI is InChI=1S/C16H22N2O4S/c1-4-11(2)17-16(21)18-14(19)10-22-15(20)12(3)23-13-8-6-5-7-9-13/h5-9,11-12H,4,10H2,1-3H3,(H2,17,18,19,21)/t11-,12+/m1/s1. The van der Waals surface area contributed by atoms with E-state index in [1.807, 2.05) is 44.2 Å². The molecule has 0 fully saturated rings. The molecule has 0 aromatic heterocycles. The molecule has 0 aliphatic rings. The van der Waals surface area contributed by atoms with Gasteiger partial charge in [-0.05, 0) is 32.4 Å². The second-order valence-corrected chi connectivity index (χ2v) is 6.43. The third-order valence-corrected chi connectivity index (χ3v) is 4.07. The van der Waals surface area contributed by atoms with Crippen molar-refractivity contribution < 1.29 is 19.1 Å². The molecular weight excluding hydrogens is 316 g/mol. The van der Waals surface area contributed by atoms with E-state index < -0.39 is 29.8 Å². The van der Waals surface area contributed by atoms with Gasteiger partial charge in [0.25, 0.3) is 5.91 Å². The minimum absolute atomic E-state index is 0.0346. The Bertz CT molecular complexity index is 536. The lowest BCUT2D eigenvalue weighted by molar-refractivity contribution is -0.147. The van der Waals surface area contributed by atoms with Crippen molar-refractivity contribution in [2.75, 3.05) is 6.61 Å². The molecule has 0 heterocycles. The number of carbonyl (C=O) groups is 3. The molecule has 1 rings (SSSR count). The number of carbonyl (C=O) groups excluding carboxylic acids is 3. The zero-order valence-electron chi connectivity index (χ0n) is 13.5. The molecule has 2 N–H and O–H groups in total. The van der Waals surface area contributed by atoms with Crippen molar-refractivity contribution in [1.82, 2.24) is 10.6 Å². The van der Waals surface area contributed by atoms with Gasteiger partial charge < -0.3 is 10.1 Å². The van der Waals surface area contributed by atoms with Crippen molar-refractivity contribution in [3.63, 3.8) is 0 Å². The van der Waals surface area contributed by atoms with Crippen LogP contribution in [0, 0.1) is 0 Å². The van der Waals surface area contributed by atoms with Gasteiger partial charge in [-0.25, -0.2) is 4.79 Å². The van der Waals surface area contributed by atoms with Crippen molar-refractivity contribution in [2.45, 2.75) is 43.4 Å². The van der Waals surface area contributed by atoms with E-state index in [0.717, 1.165) is 11.3 Å². The Kier molecular flexibility index (Phi) is 8.18. The normalized spacial score (nSPS) is 12.8. The molecule has 1 aromatic carbocycles. The van der Waals surface area contributed by atoms with E-state index in [9.17, 15) is 14.4 Å². The van der Waals surface area contributed by atoms with Gasteiger partial charge in [0.15, 0.2) is 6.61 Å². The Balaban J connectivity index is 2.31. The number of hydrogen-bond donors (Lipinski definition) is 2. The van der Waals surface area contributed by atoms with Crippen LogP contribution in [0.1, 0.15) is 27.2 Å². The van der Waals surface area contributed by atoms with Crippen LogP contribution in [-0.2, 0) is 14.3 Å². The number of hydrogen-bond acceptors (Lipinski definition) is 5. The maximum atomic E-state index is 11.8. The summed E-state index contributed by atoms with van der Waals surface area (Å²) >= 11 is 1.34. The number of urea groups is 1. The van der Waals surface area contributed by atoms with Crippen molar-refractivity contribution >= 4 is 29.7 Å². The van der Waals surface area contributed by atoms with Gasteiger partial charge in [-0.15, -0.1) is 11.8 Å². The summed E-state index contributed by atoms with van der Waals surface area (Å²) in [6, 6.07) is 8.80. The summed E-state index contributed by atoms with van der Waals surface area (Å²) in [5, 5.41) is 4.26. The SMILES string of the molecule is CC[C@@H](C)NC(=O)NC(=O)COC(=O)[C@H](C)Sc1ccccc1. The molecule has 6 nitrogen and oxygen atoms in total. The fourth-order valence-corrected chi connectivity index (χ4v) is 2.42. The summed E-state index contributed by atoms with van der Waals surface area (Å²) in [6.45, 7) is 4.97. The van der Waals surface area contributed by atoms with Crippen LogP contribution < -0.4 is 10.6 Å². The highest BCUT2D eigenvalue weighted by atomic mass is 32.2. The quantitative estimate of drug-likeness (QED) is 0.589. The van der Waals surface area contributed by atoms with E-state index in [-0.39, 0.29) is 6.04 Å². The first kappa shape index (κ1) is 19.0. The van der Waals surface area contributed by atoms with E-state index >= 15 is 0 Å². The molecule has 0 saturated carbocycles. The molecule has 0 radical (unpaired) electrons. The van der Waals surface area contributed by atoms with Gasteiger partial charge in [0, 0.05) is 10.9 Å². The van der Waals surface area contributed by atoms with Crippen molar-refractivity contribution in [3.8, 4) is 0 Å². The van der Waals surface area contributed by atoms with Gasteiger partial charge in [0.1, 0.15) is 5.25 Å². The molecule has 0 unspecified atom stereocenters. The minimum atomic E-state index is -0.656. The van der Waals surface area contributed by atoms with Gasteiger partial charge >= 0.3 is 12.0 Å². The first-order valence-corrected chi connectivity index (χ1v) is 8.29. The highest BCUT2D eigenvalue weighted by Gasteiger charge is 2.18. The Morgan fingerprint density at radius 1 is 1.17 bits per heavy atom.